The van der Waals surface area contributed by atoms with Crippen molar-refractivity contribution in [1.82, 2.24) is 0 Å². The Morgan fingerprint density at radius 3 is 2.39 bits per heavy atom. The van der Waals surface area contributed by atoms with Crippen LogP contribution in [0.15, 0.2) is 23.4 Å². The SMILES string of the molecule is [C-]#[N+]C1=C[C@]2(C)C3=CC(=O)[C@@H]4[C@@H]5CC(C)(C)CC[C@]5(C(=O)OCCCCCC)CC[C@@]4(C)[C@]3(C)CC[C@H]2[C@H](C)C1=O. The van der Waals surface area contributed by atoms with Crippen molar-refractivity contribution in [2.24, 2.45) is 50.7 Å². The number of Topliss-reactive ketones (excluding diaryl/α,β-unsaturated/α-hetero) is 1. The van der Waals surface area contributed by atoms with Gasteiger partial charge in [0.15, 0.2) is 11.6 Å². The van der Waals surface area contributed by atoms with Crippen LogP contribution < -0.4 is 0 Å². The average Bonchev–Trinajstić information content (AvgIpc) is 2.91. The summed E-state index contributed by atoms with van der Waals surface area (Å²) < 4.78 is 6.04. The molecule has 0 radical (unpaired) electrons. The Bertz CT molecular complexity index is 1240. The number of unbranched alkanes of at least 4 members (excludes halogenated alkanes) is 3. The Balaban J connectivity index is 1.57. The molecule has 0 unspecified atom stereocenters. The standard InChI is InChI=1S/C36H51NO4/c1-9-10-11-12-19-41-31(40)36-17-15-32(3,4)21-25(36)29-27(38)20-28-33(5)22-26(37-8)30(39)23(2)24(33)13-14-34(28,6)35(29,7)16-18-36/h20,22-25,29H,9-19,21H2,1-7H3/t23-,24-,25-,29-,33-,34+,35+,36-/m0/s1. The number of carbonyl (C=O) groups excluding carboxylic acids is 3. The fourth-order valence-corrected chi connectivity index (χ4v) is 10.4. The van der Waals surface area contributed by atoms with Gasteiger partial charge in [-0.1, -0.05) is 79.4 Å². The highest BCUT2D eigenvalue weighted by molar-refractivity contribution is 6.01. The molecule has 5 nitrogen and oxygen atoms in total. The number of nitrogens with zero attached hydrogens (tertiary/aromatic N) is 1. The monoisotopic (exact) mass is 561 g/mol. The van der Waals surface area contributed by atoms with Gasteiger partial charge in [0.25, 0.3) is 0 Å². The molecular formula is C36H51NO4. The molecule has 5 heteroatoms. The fraction of sp³-hybridized carbons (Fsp3) is 0.778. The van der Waals surface area contributed by atoms with Crippen LogP contribution in [0, 0.1) is 57.3 Å². The van der Waals surface area contributed by atoms with Gasteiger partial charge in [0.05, 0.1) is 18.6 Å². The van der Waals surface area contributed by atoms with Crippen molar-refractivity contribution in [2.75, 3.05) is 6.61 Å². The zero-order valence-corrected chi connectivity index (χ0v) is 26.5. The quantitative estimate of drug-likeness (QED) is 0.186. The Kier molecular flexibility index (Phi) is 7.53. The summed E-state index contributed by atoms with van der Waals surface area (Å²) in [5.74, 6) is -0.391. The maximum Gasteiger partial charge on any atom is 0.312 e. The predicted molar refractivity (Wildman–Crippen MR) is 160 cm³/mol. The predicted octanol–water partition coefficient (Wildman–Crippen LogP) is 8.29. The summed E-state index contributed by atoms with van der Waals surface area (Å²) in [6.45, 7) is 23.7. The lowest BCUT2D eigenvalue weighted by molar-refractivity contribution is -0.192. The van der Waals surface area contributed by atoms with E-state index in [4.69, 9.17) is 11.3 Å². The molecule has 0 aromatic carbocycles. The lowest BCUT2D eigenvalue weighted by atomic mass is 9.35. The van der Waals surface area contributed by atoms with Crippen LogP contribution in [0.2, 0.25) is 0 Å². The number of esters is 1. The number of allylic oxidation sites excluding steroid dienone is 4. The van der Waals surface area contributed by atoms with Gasteiger partial charge in [-0.3, -0.25) is 9.59 Å². The Morgan fingerprint density at radius 2 is 1.71 bits per heavy atom. The fourth-order valence-electron chi connectivity index (χ4n) is 10.4. The van der Waals surface area contributed by atoms with E-state index < -0.39 is 10.8 Å². The topological polar surface area (TPSA) is 64.8 Å². The van der Waals surface area contributed by atoms with Gasteiger partial charge in [-0.2, -0.15) is 0 Å². The lowest BCUT2D eigenvalue weighted by Crippen LogP contribution is -2.65. The average molecular weight is 562 g/mol. The first-order valence-corrected chi connectivity index (χ1v) is 16.3. The first kappa shape index (κ1) is 30.2. The summed E-state index contributed by atoms with van der Waals surface area (Å²) >= 11 is 0. The van der Waals surface area contributed by atoms with Gasteiger partial charge in [0.2, 0.25) is 5.70 Å². The highest BCUT2D eigenvalue weighted by Gasteiger charge is 2.70. The summed E-state index contributed by atoms with van der Waals surface area (Å²) in [6.07, 6.45) is 14.1. The second kappa shape index (κ2) is 10.2. The number of ether oxygens (including phenoxy) is 1. The third-order valence-electron chi connectivity index (χ3n) is 13.1. The summed E-state index contributed by atoms with van der Waals surface area (Å²) in [7, 11) is 0. The Labute approximate surface area is 247 Å². The number of carbonyl (C=O) groups is 3. The van der Waals surface area contributed by atoms with Gasteiger partial charge in [-0.15, -0.1) is 0 Å². The van der Waals surface area contributed by atoms with Crippen molar-refractivity contribution >= 4 is 17.5 Å². The highest BCUT2D eigenvalue weighted by Crippen LogP contribution is 2.74. The van der Waals surface area contributed by atoms with E-state index in [0.717, 1.165) is 76.2 Å². The molecule has 0 saturated heterocycles. The van der Waals surface area contributed by atoms with Crippen molar-refractivity contribution in [3.8, 4) is 0 Å². The molecule has 0 bridgehead atoms. The third kappa shape index (κ3) is 4.32. The molecule has 0 aromatic heterocycles. The zero-order valence-electron chi connectivity index (χ0n) is 26.5. The van der Waals surface area contributed by atoms with E-state index in [-0.39, 0.29) is 63.1 Å². The molecule has 41 heavy (non-hydrogen) atoms. The van der Waals surface area contributed by atoms with Crippen LogP contribution in [0.25, 0.3) is 4.85 Å². The van der Waals surface area contributed by atoms with E-state index in [2.05, 4.69) is 46.4 Å². The summed E-state index contributed by atoms with van der Waals surface area (Å²) in [5, 5.41) is 0. The van der Waals surface area contributed by atoms with Crippen LogP contribution in [0.5, 0.6) is 0 Å². The minimum absolute atomic E-state index is 0.0398. The number of hydrogen-bond acceptors (Lipinski definition) is 4. The molecule has 0 aromatic rings. The minimum Gasteiger partial charge on any atom is -0.465 e. The van der Waals surface area contributed by atoms with Crippen molar-refractivity contribution in [1.29, 1.82) is 0 Å². The van der Waals surface area contributed by atoms with Crippen LogP contribution in [0.1, 0.15) is 119 Å². The Morgan fingerprint density at radius 1 is 1.00 bits per heavy atom. The molecule has 0 aliphatic heterocycles. The number of hydrogen-bond donors (Lipinski definition) is 0. The lowest BCUT2D eigenvalue weighted by Gasteiger charge is -2.68. The molecule has 5 aliphatic rings. The second-order valence-electron chi connectivity index (χ2n) is 15.7. The zero-order chi connectivity index (χ0) is 30.0. The number of rotatable bonds is 6. The van der Waals surface area contributed by atoms with E-state index in [0.29, 0.717) is 6.61 Å². The van der Waals surface area contributed by atoms with Crippen molar-refractivity contribution in [2.45, 2.75) is 119 Å². The van der Waals surface area contributed by atoms with Crippen LogP contribution in [0.4, 0.5) is 0 Å². The first-order valence-electron chi connectivity index (χ1n) is 16.3. The Hall–Kier alpha value is -2.22. The van der Waals surface area contributed by atoms with E-state index in [1.165, 1.54) is 0 Å². The third-order valence-corrected chi connectivity index (χ3v) is 13.1. The number of ketones is 2. The van der Waals surface area contributed by atoms with Gasteiger partial charge in [-0.25, -0.2) is 4.85 Å². The molecule has 5 rings (SSSR count). The van der Waals surface area contributed by atoms with Crippen LogP contribution in [-0.4, -0.2) is 24.1 Å². The minimum atomic E-state index is -0.591. The van der Waals surface area contributed by atoms with Gasteiger partial charge >= 0.3 is 5.97 Å². The maximum atomic E-state index is 14.5. The molecule has 0 amide bonds. The van der Waals surface area contributed by atoms with Gasteiger partial charge in [0.1, 0.15) is 0 Å². The van der Waals surface area contributed by atoms with Crippen LogP contribution in [0.3, 0.4) is 0 Å². The van der Waals surface area contributed by atoms with Gasteiger partial charge in [-0.05, 0) is 85.5 Å². The molecule has 8 atom stereocenters. The van der Waals surface area contributed by atoms with E-state index in [9.17, 15) is 14.4 Å². The molecule has 3 fully saturated rings. The summed E-state index contributed by atoms with van der Waals surface area (Å²) in [4.78, 5) is 45.1. The van der Waals surface area contributed by atoms with Crippen LogP contribution in [-0.2, 0) is 19.1 Å². The van der Waals surface area contributed by atoms with E-state index in [1.54, 1.807) is 0 Å². The highest BCUT2D eigenvalue weighted by atomic mass is 16.5. The first-order chi connectivity index (χ1) is 19.2. The molecule has 0 spiro atoms. The second-order valence-corrected chi connectivity index (χ2v) is 15.7. The van der Waals surface area contributed by atoms with Gasteiger partial charge < -0.3 is 9.53 Å². The largest absolute Gasteiger partial charge is 0.465 e. The maximum absolute atomic E-state index is 14.5. The summed E-state index contributed by atoms with van der Waals surface area (Å²) in [5.41, 5.74) is -0.242. The molecule has 5 aliphatic carbocycles. The molecular weight excluding hydrogens is 510 g/mol. The molecule has 224 valence electrons. The van der Waals surface area contributed by atoms with Gasteiger partial charge in [0, 0.05) is 17.3 Å². The van der Waals surface area contributed by atoms with Crippen molar-refractivity contribution in [3.05, 3.63) is 34.8 Å². The molecule has 0 N–H and O–H groups in total. The van der Waals surface area contributed by atoms with Crippen molar-refractivity contribution < 1.29 is 19.1 Å². The van der Waals surface area contributed by atoms with E-state index in [1.807, 2.05) is 19.1 Å². The number of fused-ring (bicyclic) bond motifs is 7. The van der Waals surface area contributed by atoms with Crippen molar-refractivity contribution in [3.63, 3.8) is 0 Å². The van der Waals surface area contributed by atoms with E-state index >= 15 is 0 Å². The molecule has 0 heterocycles. The summed E-state index contributed by atoms with van der Waals surface area (Å²) in [6, 6.07) is 0. The normalized spacial score (nSPS) is 42.9. The van der Waals surface area contributed by atoms with Crippen LogP contribution >= 0.6 is 0 Å². The molecule has 3 saturated carbocycles. The smallest absolute Gasteiger partial charge is 0.312 e.